The zero-order valence-electron chi connectivity index (χ0n) is 20.0. The number of ether oxygens (including phenoxy) is 4. The Balaban J connectivity index is 1.20. The summed E-state index contributed by atoms with van der Waals surface area (Å²) in [6.45, 7) is 3.74. The minimum atomic E-state index is -3.52. The molecule has 0 radical (unpaired) electrons. The van der Waals surface area contributed by atoms with E-state index < -0.39 is 35.5 Å². The first-order valence-corrected chi connectivity index (χ1v) is 12.4. The van der Waals surface area contributed by atoms with Crippen molar-refractivity contribution in [2.24, 2.45) is 17.3 Å². The van der Waals surface area contributed by atoms with Crippen LogP contribution in [-0.4, -0.2) is 31.9 Å². The summed E-state index contributed by atoms with van der Waals surface area (Å²) in [4.78, 5) is 0. The molecular formula is C27H29F5O4. The molecule has 0 amide bonds. The normalized spacial score (nSPS) is 30.4. The number of fused-ring (bicyclic) bond motifs is 3. The van der Waals surface area contributed by atoms with Gasteiger partial charge in [-0.05, 0) is 61.9 Å². The van der Waals surface area contributed by atoms with Gasteiger partial charge in [0.25, 0.3) is 5.97 Å². The zero-order valence-corrected chi connectivity index (χ0v) is 20.0. The Labute approximate surface area is 206 Å². The van der Waals surface area contributed by atoms with E-state index in [9.17, 15) is 13.2 Å². The molecule has 1 aliphatic carbocycles. The third kappa shape index (κ3) is 4.73. The first-order valence-electron chi connectivity index (χ1n) is 12.4. The second kappa shape index (κ2) is 9.58. The molecular weight excluding hydrogens is 483 g/mol. The van der Waals surface area contributed by atoms with E-state index >= 15 is 8.78 Å². The minimum Gasteiger partial charge on any atom is -0.432 e. The Morgan fingerprint density at radius 2 is 1.53 bits per heavy atom. The highest BCUT2D eigenvalue weighted by molar-refractivity contribution is 5.65. The van der Waals surface area contributed by atoms with Gasteiger partial charge in [-0.1, -0.05) is 19.4 Å². The molecule has 2 aromatic carbocycles. The van der Waals surface area contributed by atoms with Crippen LogP contribution in [0.4, 0.5) is 22.0 Å². The van der Waals surface area contributed by atoms with Crippen LogP contribution in [0.5, 0.6) is 5.75 Å². The molecule has 2 bridgehead atoms. The number of hydrogen-bond acceptors (Lipinski definition) is 4. The maximum absolute atomic E-state index is 15.0. The third-order valence-corrected chi connectivity index (χ3v) is 7.65. The molecule has 0 atom stereocenters. The van der Waals surface area contributed by atoms with Gasteiger partial charge in [0.05, 0.1) is 25.7 Å². The van der Waals surface area contributed by atoms with Crippen molar-refractivity contribution in [1.82, 2.24) is 0 Å². The molecule has 3 heterocycles. The van der Waals surface area contributed by atoms with Crippen molar-refractivity contribution in [3.8, 4) is 16.9 Å². The molecule has 0 unspecified atom stereocenters. The lowest BCUT2D eigenvalue weighted by atomic mass is 9.77. The zero-order chi connectivity index (χ0) is 25.6. The molecule has 4 nitrogen and oxygen atoms in total. The summed E-state index contributed by atoms with van der Waals surface area (Å²) in [6.07, 6.45) is -0.378. The van der Waals surface area contributed by atoms with Crippen LogP contribution in [-0.2, 0) is 14.2 Å². The molecule has 0 aromatic heterocycles. The molecule has 36 heavy (non-hydrogen) atoms. The fraction of sp³-hybridized carbons (Fsp3) is 0.556. The van der Waals surface area contributed by atoms with Gasteiger partial charge in [-0.25, -0.2) is 13.2 Å². The molecule has 1 saturated carbocycles. The van der Waals surface area contributed by atoms with E-state index in [1.807, 2.05) is 0 Å². The van der Waals surface area contributed by atoms with E-state index in [4.69, 9.17) is 18.9 Å². The van der Waals surface area contributed by atoms with Gasteiger partial charge in [0.2, 0.25) is 0 Å². The lowest BCUT2D eigenvalue weighted by Crippen LogP contribution is -2.63. The molecule has 0 N–H and O–H groups in total. The van der Waals surface area contributed by atoms with Crippen LogP contribution in [0, 0.1) is 34.7 Å². The predicted octanol–water partition coefficient (Wildman–Crippen LogP) is 7.07. The van der Waals surface area contributed by atoms with Crippen molar-refractivity contribution >= 4 is 0 Å². The van der Waals surface area contributed by atoms with Crippen LogP contribution in [0.1, 0.15) is 45.4 Å². The van der Waals surface area contributed by atoms with Gasteiger partial charge >= 0.3 is 6.11 Å². The van der Waals surface area contributed by atoms with Crippen molar-refractivity contribution in [3.05, 3.63) is 53.8 Å². The molecule has 196 valence electrons. The molecule has 3 saturated heterocycles. The summed E-state index contributed by atoms with van der Waals surface area (Å²) in [5, 5.41) is 0. The van der Waals surface area contributed by atoms with Gasteiger partial charge in [0, 0.05) is 23.0 Å². The Kier molecular flexibility index (Phi) is 6.76. The van der Waals surface area contributed by atoms with Crippen molar-refractivity contribution < 1.29 is 40.9 Å². The molecule has 9 heteroatoms. The number of benzene rings is 2. The molecule has 4 fully saturated rings. The average molecular weight is 513 g/mol. The smallest absolute Gasteiger partial charge is 0.400 e. The molecule has 3 aliphatic heterocycles. The van der Waals surface area contributed by atoms with E-state index in [0.717, 1.165) is 31.0 Å². The van der Waals surface area contributed by atoms with Gasteiger partial charge in [-0.3, -0.25) is 0 Å². The van der Waals surface area contributed by atoms with Crippen LogP contribution >= 0.6 is 0 Å². The van der Waals surface area contributed by atoms with Gasteiger partial charge in [-0.15, -0.1) is 0 Å². The quantitative estimate of drug-likeness (QED) is 0.372. The number of rotatable bonds is 7. The van der Waals surface area contributed by atoms with Crippen LogP contribution in [0.3, 0.4) is 0 Å². The predicted molar refractivity (Wildman–Crippen MR) is 121 cm³/mol. The van der Waals surface area contributed by atoms with E-state index in [2.05, 4.69) is 6.92 Å². The summed E-state index contributed by atoms with van der Waals surface area (Å²) < 4.78 is 94.2. The number of hydrogen-bond donors (Lipinski definition) is 0. The van der Waals surface area contributed by atoms with Gasteiger partial charge in [-0.2, -0.15) is 8.78 Å². The molecule has 4 aliphatic rings. The fourth-order valence-electron chi connectivity index (χ4n) is 5.59. The summed E-state index contributed by atoms with van der Waals surface area (Å²) in [5.74, 6) is -5.78. The lowest BCUT2D eigenvalue weighted by molar-refractivity contribution is -0.489. The molecule has 0 spiro atoms. The highest BCUT2D eigenvalue weighted by atomic mass is 19.3. The number of alkyl halides is 2. The topological polar surface area (TPSA) is 36.9 Å². The second-order valence-corrected chi connectivity index (χ2v) is 10.2. The van der Waals surface area contributed by atoms with Gasteiger partial charge in [0.1, 0.15) is 11.6 Å². The summed E-state index contributed by atoms with van der Waals surface area (Å²) >= 11 is 0. The summed E-state index contributed by atoms with van der Waals surface area (Å²) in [6, 6.07) is 6.17. The van der Waals surface area contributed by atoms with E-state index in [1.165, 1.54) is 18.2 Å². The van der Waals surface area contributed by atoms with Gasteiger partial charge in [0.15, 0.2) is 11.6 Å². The second-order valence-electron chi connectivity index (χ2n) is 10.2. The molecule has 6 rings (SSSR count). The maximum atomic E-state index is 15.0. The largest absolute Gasteiger partial charge is 0.432 e. The fourth-order valence-corrected chi connectivity index (χ4v) is 5.59. The highest BCUT2D eigenvalue weighted by Gasteiger charge is 2.57. The van der Waals surface area contributed by atoms with E-state index in [-0.39, 0.29) is 41.1 Å². The van der Waals surface area contributed by atoms with E-state index in [0.29, 0.717) is 32.7 Å². The van der Waals surface area contributed by atoms with Crippen LogP contribution in [0.2, 0.25) is 0 Å². The Bertz CT molecular complexity index is 1080. The Morgan fingerprint density at radius 3 is 2.11 bits per heavy atom. The third-order valence-electron chi connectivity index (χ3n) is 7.65. The Hall–Kier alpha value is -2.23. The Morgan fingerprint density at radius 1 is 0.861 bits per heavy atom. The van der Waals surface area contributed by atoms with Crippen molar-refractivity contribution in [3.63, 3.8) is 0 Å². The average Bonchev–Trinajstić information content (AvgIpc) is 2.87. The van der Waals surface area contributed by atoms with Crippen molar-refractivity contribution in [1.29, 1.82) is 0 Å². The minimum absolute atomic E-state index is 0.0488. The number of halogens is 5. The van der Waals surface area contributed by atoms with Crippen LogP contribution in [0.25, 0.3) is 11.1 Å². The maximum Gasteiger partial charge on any atom is 0.400 e. The highest BCUT2D eigenvalue weighted by Crippen LogP contribution is 2.50. The monoisotopic (exact) mass is 512 g/mol. The van der Waals surface area contributed by atoms with Crippen molar-refractivity contribution in [2.75, 3.05) is 19.8 Å². The first-order chi connectivity index (χ1) is 17.2. The van der Waals surface area contributed by atoms with Crippen LogP contribution < -0.4 is 4.74 Å². The van der Waals surface area contributed by atoms with Crippen molar-refractivity contribution in [2.45, 2.75) is 57.5 Å². The van der Waals surface area contributed by atoms with Gasteiger partial charge < -0.3 is 18.9 Å². The first kappa shape index (κ1) is 25.4. The summed E-state index contributed by atoms with van der Waals surface area (Å²) in [5.41, 5.74) is -0.0803. The summed E-state index contributed by atoms with van der Waals surface area (Å²) in [7, 11) is 0. The standard InChI is InChI=1S/C27H29F5O4/c1-2-11-25-14-33-27(34-15-25,35-16-25)19-6-4-18(5-7-19)26(31,32)36-20-8-9-21(23(29)13-20)17-3-10-22(28)24(30)12-17/h3,8-10,12-13,18-19H,2,4-7,11,14-16H2,1H3. The van der Waals surface area contributed by atoms with Crippen LogP contribution in [0.15, 0.2) is 36.4 Å². The lowest BCUT2D eigenvalue weighted by Gasteiger charge is -2.55. The SMILES string of the molecule is CCCC12COC(C3CCC(C(F)(F)Oc4ccc(-c5ccc(F)c(F)c5)c(F)c4)CC3)(OC1)OC2. The van der Waals surface area contributed by atoms with E-state index in [1.54, 1.807) is 0 Å². The molecule has 2 aromatic rings.